The van der Waals surface area contributed by atoms with Crippen molar-refractivity contribution in [2.45, 2.75) is 83.4 Å². The molecule has 1 aromatic carbocycles. The number of aromatic nitrogens is 1. The number of alkyl carbamates (subject to hydrolysis) is 1. The first-order chi connectivity index (χ1) is 18.0. The summed E-state index contributed by atoms with van der Waals surface area (Å²) >= 11 is 0. The minimum atomic E-state index is -1.09. The van der Waals surface area contributed by atoms with Crippen LogP contribution in [0.2, 0.25) is 0 Å². The van der Waals surface area contributed by atoms with E-state index in [4.69, 9.17) is 4.74 Å². The third-order valence-corrected chi connectivity index (χ3v) is 6.59. The molecule has 3 amide bonds. The van der Waals surface area contributed by atoms with Gasteiger partial charge in [-0.15, -0.1) is 0 Å². The first-order valence-corrected chi connectivity index (χ1v) is 13.0. The van der Waals surface area contributed by atoms with E-state index in [0.717, 1.165) is 41.5 Å². The van der Waals surface area contributed by atoms with E-state index >= 15 is 0 Å². The van der Waals surface area contributed by atoms with Crippen molar-refractivity contribution in [3.8, 4) is 17.2 Å². The van der Waals surface area contributed by atoms with E-state index in [1.807, 2.05) is 37.3 Å². The fraction of sp³-hybridized carbons (Fsp3) is 0.483. The number of ether oxygens (including phenoxy) is 1. The molecule has 1 atom stereocenters. The van der Waals surface area contributed by atoms with Crippen molar-refractivity contribution in [2.24, 2.45) is 0 Å². The van der Waals surface area contributed by atoms with E-state index in [1.165, 1.54) is 0 Å². The summed E-state index contributed by atoms with van der Waals surface area (Å²) in [6.07, 6.45) is 4.94. The molecule has 3 rings (SSSR count). The number of benzene rings is 1. The van der Waals surface area contributed by atoms with Crippen LogP contribution in [0.15, 0.2) is 36.5 Å². The van der Waals surface area contributed by atoms with Gasteiger partial charge < -0.3 is 20.7 Å². The highest BCUT2D eigenvalue weighted by molar-refractivity contribution is 5.94. The van der Waals surface area contributed by atoms with Crippen LogP contribution < -0.4 is 16.0 Å². The summed E-state index contributed by atoms with van der Waals surface area (Å²) in [6.45, 7) is 7.16. The Labute approximate surface area is 224 Å². The largest absolute Gasteiger partial charge is 0.444 e. The van der Waals surface area contributed by atoms with Crippen LogP contribution in [0.1, 0.15) is 74.5 Å². The molecule has 1 aliphatic carbocycles. The van der Waals surface area contributed by atoms with Gasteiger partial charge in [-0.1, -0.05) is 43.5 Å². The predicted molar refractivity (Wildman–Crippen MR) is 144 cm³/mol. The van der Waals surface area contributed by atoms with Gasteiger partial charge in [0, 0.05) is 25.2 Å². The standard InChI is InChI=1S/C29H37N5O4/c1-19-15-22(18-32-24(19)25(35)31-5)21-11-9-20(10-12-21)16-23(17-30)33-26(36)29(13-7-6-8-14-29)34-27(37)38-28(2,3)4/h9-12,15,18,23H,6-8,13-14,16H2,1-5H3,(H,31,35)(H,33,36)(H,34,37). The lowest BCUT2D eigenvalue weighted by molar-refractivity contribution is -0.129. The first kappa shape index (κ1) is 28.6. The lowest BCUT2D eigenvalue weighted by Gasteiger charge is -2.37. The van der Waals surface area contributed by atoms with Crippen molar-refractivity contribution < 1.29 is 19.1 Å². The zero-order chi connectivity index (χ0) is 27.9. The first-order valence-electron chi connectivity index (χ1n) is 13.0. The molecule has 9 nitrogen and oxygen atoms in total. The lowest BCUT2D eigenvalue weighted by atomic mass is 9.80. The fourth-order valence-electron chi connectivity index (χ4n) is 4.65. The van der Waals surface area contributed by atoms with Crippen LogP contribution in [0, 0.1) is 18.3 Å². The van der Waals surface area contributed by atoms with E-state index in [2.05, 4.69) is 27.0 Å². The summed E-state index contributed by atoms with van der Waals surface area (Å²) in [5.41, 5.74) is 2.06. The Kier molecular flexibility index (Phi) is 9.10. The Balaban J connectivity index is 1.69. The summed E-state index contributed by atoms with van der Waals surface area (Å²) < 4.78 is 5.40. The third kappa shape index (κ3) is 7.31. The van der Waals surface area contributed by atoms with Gasteiger partial charge in [-0.2, -0.15) is 5.26 Å². The Bertz CT molecular complexity index is 1200. The predicted octanol–water partition coefficient (Wildman–Crippen LogP) is 4.20. The summed E-state index contributed by atoms with van der Waals surface area (Å²) in [7, 11) is 1.57. The van der Waals surface area contributed by atoms with Gasteiger partial charge >= 0.3 is 6.09 Å². The second-order valence-corrected chi connectivity index (χ2v) is 10.8. The monoisotopic (exact) mass is 519 g/mol. The summed E-state index contributed by atoms with van der Waals surface area (Å²) in [4.78, 5) is 42.1. The summed E-state index contributed by atoms with van der Waals surface area (Å²) in [6, 6.07) is 11.0. The fourth-order valence-corrected chi connectivity index (χ4v) is 4.65. The molecular formula is C29H37N5O4. The third-order valence-electron chi connectivity index (χ3n) is 6.59. The average Bonchev–Trinajstić information content (AvgIpc) is 2.87. The molecule has 38 heavy (non-hydrogen) atoms. The molecule has 0 saturated heterocycles. The van der Waals surface area contributed by atoms with E-state index in [-0.39, 0.29) is 11.8 Å². The van der Waals surface area contributed by atoms with Crippen LogP contribution in [0.5, 0.6) is 0 Å². The smallest absolute Gasteiger partial charge is 0.408 e. The highest BCUT2D eigenvalue weighted by atomic mass is 16.6. The Morgan fingerprint density at radius 3 is 2.32 bits per heavy atom. The van der Waals surface area contributed by atoms with Crippen LogP contribution in [-0.4, -0.2) is 47.1 Å². The molecule has 1 aliphatic rings. The topological polar surface area (TPSA) is 133 Å². The molecule has 3 N–H and O–H groups in total. The minimum absolute atomic E-state index is 0.231. The maximum absolute atomic E-state index is 13.4. The van der Waals surface area contributed by atoms with E-state index < -0.39 is 23.3 Å². The molecule has 1 heterocycles. The van der Waals surface area contributed by atoms with Crippen LogP contribution >= 0.6 is 0 Å². The second-order valence-electron chi connectivity index (χ2n) is 10.8. The average molecular weight is 520 g/mol. The van der Waals surface area contributed by atoms with Gasteiger partial charge in [-0.25, -0.2) is 4.79 Å². The van der Waals surface area contributed by atoms with Crippen LogP contribution in [-0.2, 0) is 16.0 Å². The van der Waals surface area contributed by atoms with Crippen LogP contribution in [0.3, 0.4) is 0 Å². The van der Waals surface area contributed by atoms with Gasteiger partial charge in [0.05, 0.1) is 6.07 Å². The molecular weight excluding hydrogens is 482 g/mol. The Morgan fingerprint density at radius 2 is 1.76 bits per heavy atom. The number of hydrogen-bond acceptors (Lipinski definition) is 6. The second kappa shape index (κ2) is 12.1. The molecule has 0 spiro atoms. The van der Waals surface area contributed by atoms with Gasteiger partial charge in [-0.05, 0) is 63.3 Å². The Hall–Kier alpha value is -3.93. The molecule has 9 heteroatoms. The molecule has 0 radical (unpaired) electrons. The maximum Gasteiger partial charge on any atom is 0.408 e. The normalized spacial score (nSPS) is 15.5. The Morgan fingerprint density at radius 1 is 1.11 bits per heavy atom. The van der Waals surface area contributed by atoms with E-state index in [0.29, 0.717) is 25.0 Å². The maximum atomic E-state index is 13.4. The van der Waals surface area contributed by atoms with Crippen molar-refractivity contribution >= 4 is 17.9 Å². The number of hydrogen-bond donors (Lipinski definition) is 3. The number of aryl methyl sites for hydroxylation is 1. The van der Waals surface area contributed by atoms with E-state index in [1.54, 1.807) is 34.0 Å². The zero-order valence-electron chi connectivity index (χ0n) is 22.8. The van der Waals surface area contributed by atoms with Crippen LogP contribution in [0.4, 0.5) is 4.79 Å². The van der Waals surface area contributed by atoms with E-state index in [9.17, 15) is 19.6 Å². The zero-order valence-corrected chi connectivity index (χ0v) is 22.8. The number of rotatable bonds is 7. The molecule has 2 aromatic rings. The molecule has 1 fully saturated rings. The molecule has 202 valence electrons. The molecule has 0 bridgehead atoms. The molecule has 1 saturated carbocycles. The lowest BCUT2D eigenvalue weighted by Crippen LogP contribution is -2.61. The number of amides is 3. The SMILES string of the molecule is CNC(=O)c1ncc(-c2ccc(CC(C#N)NC(=O)C3(NC(=O)OC(C)(C)C)CCCCC3)cc2)cc1C. The number of nitrogens with zero attached hydrogens (tertiary/aromatic N) is 2. The molecule has 1 unspecified atom stereocenters. The van der Waals surface area contributed by atoms with Crippen molar-refractivity contribution in [3.63, 3.8) is 0 Å². The number of nitriles is 1. The molecule has 0 aliphatic heterocycles. The van der Waals surface area contributed by atoms with Crippen molar-refractivity contribution in [3.05, 3.63) is 53.3 Å². The van der Waals surface area contributed by atoms with Gasteiger partial charge in [0.1, 0.15) is 22.9 Å². The van der Waals surface area contributed by atoms with Crippen LogP contribution in [0.25, 0.3) is 11.1 Å². The quantitative estimate of drug-likeness (QED) is 0.502. The van der Waals surface area contributed by atoms with Crippen molar-refractivity contribution in [1.29, 1.82) is 5.26 Å². The van der Waals surface area contributed by atoms with Gasteiger partial charge in [0.25, 0.3) is 5.91 Å². The number of pyridine rings is 1. The van der Waals surface area contributed by atoms with Crippen molar-refractivity contribution in [1.82, 2.24) is 20.9 Å². The highest BCUT2D eigenvalue weighted by Gasteiger charge is 2.42. The number of carbonyl (C=O) groups excluding carboxylic acids is 3. The number of carbonyl (C=O) groups is 3. The molecule has 1 aromatic heterocycles. The minimum Gasteiger partial charge on any atom is -0.444 e. The van der Waals surface area contributed by atoms with Crippen molar-refractivity contribution in [2.75, 3.05) is 7.05 Å². The van der Waals surface area contributed by atoms with Gasteiger partial charge in [0.2, 0.25) is 5.91 Å². The van der Waals surface area contributed by atoms with Gasteiger partial charge in [-0.3, -0.25) is 14.6 Å². The summed E-state index contributed by atoms with van der Waals surface area (Å²) in [5.74, 6) is -0.589. The number of nitrogens with one attached hydrogen (secondary N) is 3. The highest BCUT2D eigenvalue weighted by Crippen LogP contribution is 2.29. The van der Waals surface area contributed by atoms with Gasteiger partial charge in [0.15, 0.2) is 0 Å². The summed E-state index contributed by atoms with van der Waals surface area (Å²) in [5, 5.41) is 18.0.